The van der Waals surface area contributed by atoms with Crippen LogP contribution in [0.15, 0.2) is 23.3 Å². The van der Waals surface area contributed by atoms with E-state index in [1.54, 1.807) is 0 Å². The molecule has 3 fully saturated rings. The number of anilines is 1. The lowest BCUT2D eigenvalue weighted by atomic mass is 9.99. The van der Waals surface area contributed by atoms with E-state index in [1.165, 1.54) is 24.8 Å². The Balaban J connectivity index is 0.00000256. The molecule has 0 spiro atoms. The van der Waals surface area contributed by atoms with Crippen LogP contribution in [0.3, 0.4) is 0 Å². The van der Waals surface area contributed by atoms with Crippen LogP contribution in [0.1, 0.15) is 31.7 Å². The second-order valence-corrected chi connectivity index (χ2v) is 8.63. The number of morpholine rings is 1. The summed E-state index contributed by atoms with van der Waals surface area (Å²) >= 11 is 0. The lowest BCUT2D eigenvalue weighted by molar-refractivity contribution is 0.0195. The number of likely N-dealkylation sites (tertiary alicyclic amines) is 1. The van der Waals surface area contributed by atoms with Crippen molar-refractivity contribution in [1.82, 2.24) is 20.1 Å². The molecule has 168 valence electrons. The summed E-state index contributed by atoms with van der Waals surface area (Å²) in [5.41, 5.74) is 1.20. The Morgan fingerprint density at radius 2 is 1.90 bits per heavy atom. The molecule has 1 atom stereocenters. The summed E-state index contributed by atoms with van der Waals surface area (Å²) < 4.78 is 5.49. The predicted octanol–water partition coefficient (Wildman–Crippen LogP) is 2.42. The van der Waals surface area contributed by atoms with Gasteiger partial charge in [-0.3, -0.25) is 9.89 Å². The fourth-order valence-electron chi connectivity index (χ4n) is 4.63. The molecule has 0 aromatic carbocycles. The Labute approximate surface area is 198 Å². The molecule has 8 heteroatoms. The molecule has 0 bridgehead atoms. The van der Waals surface area contributed by atoms with E-state index in [0.29, 0.717) is 6.04 Å². The van der Waals surface area contributed by atoms with Crippen LogP contribution in [0.25, 0.3) is 0 Å². The molecule has 30 heavy (non-hydrogen) atoms. The standard InChI is InChI=1S/C22H36N6O.HI/c1-18-5-8-27(9-6-18)21-4-3-19(15-24-21)16-25-22(23-2)28-10-7-20(17-28)26-11-13-29-14-12-26;/h3-4,15,18,20H,5-14,16-17H2,1-2H3,(H,23,25);1H. The minimum absolute atomic E-state index is 0. The van der Waals surface area contributed by atoms with Gasteiger partial charge in [-0.25, -0.2) is 4.98 Å². The first-order valence-corrected chi connectivity index (χ1v) is 11.2. The molecule has 0 radical (unpaired) electrons. The molecule has 0 saturated carbocycles. The number of ether oxygens (including phenoxy) is 1. The monoisotopic (exact) mass is 528 g/mol. The van der Waals surface area contributed by atoms with Crippen molar-refractivity contribution in [2.24, 2.45) is 10.9 Å². The molecule has 3 aliphatic heterocycles. The van der Waals surface area contributed by atoms with Crippen LogP contribution < -0.4 is 10.2 Å². The number of halogens is 1. The summed E-state index contributed by atoms with van der Waals surface area (Å²) in [5.74, 6) is 2.95. The zero-order valence-corrected chi connectivity index (χ0v) is 20.8. The van der Waals surface area contributed by atoms with Gasteiger partial charge in [-0.15, -0.1) is 24.0 Å². The SMILES string of the molecule is CN=C(NCc1ccc(N2CCC(C)CC2)nc1)N1CCC(N2CCOCC2)C1.I. The first-order valence-electron chi connectivity index (χ1n) is 11.2. The first kappa shape index (κ1) is 23.5. The number of nitrogens with one attached hydrogen (secondary N) is 1. The summed E-state index contributed by atoms with van der Waals surface area (Å²) in [6.45, 7) is 11.3. The first-order chi connectivity index (χ1) is 14.2. The highest BCUT2D eigenvalue weighted by Crippen LogP contribution is 2.21. The second kappa shape index (κ2) is 11.5. The van der Waals surface area contributed by atoms with E-state index in [0.717, 1.165) is 76.7 Å². The molecule has 4 heterocycles. The van der Waals surface area contributed by atoms with Gasteiger partial charge in [0, 0.05) is 65.1 Å². The maximum Gasteiger partial charge on any atom is 0.193 e. The van der Waals surface area contributed by atoms with E-state index in [1.807, 2.05) is 13.2 Å². The normalized spacial score (nSPS) is 24.1. The summed E-state index contributed by atoms with van der Waals surface area (Å²) in [6.07, 6.45) is 5.74. The number of nitrogens with zero attached hydrogens (tertiary/aromatic N) is 5. The van der Waals surface area contributed by atoms with E-state index >= 15 is 0 Å². The number of pyridine rings is 1. The quantitative estimate of drug-likeness (QED) is 0.368. The average molecular weight is 528 g/mol. The van der Waals surface area contributed by atoms with Gasteiger partial charge in [0.1, 0.15) is 5.82 Å². The molecule has 1 N–H and O–H groups in total. The van der Waals surface area contributed by atoms with Crippen molar-refractivity contribution >= 4 is 35.8 Å². The minimum atomic E-state index is 0. The van der Waals surface area contributed by atoms with Crippen molar-refractivity contribution in [3.63, 3.8) is 0 Å². The number of piperidine rings is 1. The van der Waals surface area contributed by atoms with Gasteiger partial charge in [0.05, 0.1) is 13.2 Å². The molecule has 1 unspecified atom stereocenters. The Hall–Kier alpha value is -1.13. The van der Waals surface area contributed by atoms with Gasteiger partial charge >= 0.3 is 0 Å². The van der Waals surface area contributed by atoms with Crippen molar-refractivity contribution in [2.45, 2.75) is 38.8 Å². The van der Waals surface area contributed by atoms with Crippen molar-refractivity contribution in [1.29, 1.82) is 0 Å². The molecule has 3 saturated heterocycles. The largest absolute Gasteiger partial charge is 0.379 e. The number of aromatic nitrogens is 1. The van der Waals surface area contributed by atoms with E-state index in [-0.39, 0.29) is 24.0 Å². The average Bonchev–Trinajstić information content (AvgIpc) is 3.26. The van der Waals surface area contributed by atoms with Crippen molar-refractivity contribution in [3.8, 4) is 0 Å². The highest BCUT2D eigenvalue weighted by atomic mass is 127. The van der Waals surface area contributed by atoms with Crippen LogP contribution in [0.2, 0.25) is 0 Å². The predicted molar refractivity (Wildman–Crippen MR) is 133 cm³/mol. The van der Waals surface area contributed by atoms with Gasteiger partial charge in [-0.2, -0.15) is 0 Å². The lowest BCUT2D eigenvalue weighted by Crippen LogP contribution is -2.46. The molecule has 4 rings (SSSR count). The van der Waals surface area contributed by atoms with Crippen molar-refractivity contribution in [2.75, 3.05) is 64.4 Å². The molecule has 0 amide bonds. The molecule has 1 aromatic rings. The molecular formula is C22H37IN6O. The molecule has 7 nitrogen and oxygen atoms in total. The zero-order chi connectivity index (χ0) is 20.1. The van der Waals surface area contributed by atoms with Crippen molar-refractivity contribution in [3.05, 3.63) is 23.9 Å². The molecule has 3 aliphatic rings. The zero-order valence-electron chi connectivity index (χ0n) is 18.4. The number of hydrogen-bond acceptors (Lipinski definition) is 5. The number of guanidine groups is 1. The second-order valence-electron chi connectivity index (χ2n) is 8.63. The number of hydrogen-bond donors (Lipinski definition) is 1. The molecular weight excluding hydrogens is 491 g/mol. The maximum atomic E-state index is 5.49. The van der Waals surface area contributed by atoms with E-state index < -0.39 is 0 Å². The van der Waals surface area contributed by atoms with Crippen LogP contribution >= 0.6 is 24.0 Å². The van der Waals surface area contributed by atoms with Crippen LogP contribution in [0.5, 0.6) is 0 Å². The van der Waals surface area contributed by atoms with Gasteiger partial charge in [-0.05, 0) is 36.8 Å². The third kappa shape index (κ3) is 5.97. The Bertz CT molecular complexity index is 671. The van der Waals surface area contributed by atoms with E-state index in [2.05, 4.69) is 44.1 Å². The van der Waals surface area contributed by atoms with Crippen molar-refractivity contribution < 1.29 is 4.74 Å². The Morgan fingerprint density at radius 1 is 1.13 bits per heavy atom. The topological polar surface area (TPSA) is 56.2 Å². The number of rotatable bonds is 4. The highest BCUT2D eigenvalue weighted by Gasteiger charge is 2.30. The number of aliphatic imine (C=N–C) groups is 1. The fraction of sp³-hybridized carbons (Fsp3) is 0.727. The highest BCUT2D eigenvalue weighted by molar-refractivity contribution is 14.0. The van der Waals surface area contributed by atoms with E-state index in [4.69, 9.17) is 9.72 Å². The van der Waals surface area contributed by atoms with Gasteiger partial charge in [0.15, 0.2) is 5.96 Å². The molecule has 1 aromatic heterocycles. The summed E-state index contributed by atoms with van der Waals surface area (Å²) in [7, 11) is 1.88. The maximum absolute atomic E-state index is 5.49. The minimum Gasteiger partial charge on any atom is -0.379 e. The third-order valence-corrected chi connectivity index (χ3v) is 6.60. The van der Waals surface area contributed by atoms with Gasteiger partial charge < -0.3 is 19.9 Å². The van der Waals surface area contributed by atoms with E-state index in [9.17, 15) is 0 Å². The Morgan fingerprint density at radius 3 is 2.57 bits per heavy atom. The van der Waals surface area contributed by atoms with Crippen LogP contribution in [0, 0.1) is 5.92 Å². The third-order valence-electron chi connectivity index (χ3n) is 6.60. The fourth-order valence-corrected chi connectivity index (χ4v) is 4.63. The van der Waals surface area contributed by atoms with Gasteiger partial charge in [-0.1, -0.05) is 13.0 Å². The summed E-state index contributed by atoms with van der Waals surface area (Å²) in [5, 5.41) is 3.54. The van der Waals surface area contributed by atoms with Crippen LogP contribution in [-0.2, 0) is 11.3 Å². The molecule has 0 aliphatic carbocycles. The Kier molecular flexibility index (Phi) is 9.00. The van der Waals surface area contributed by atoms with Crippen LogP contribution in [0.4, 0.5) is 5.82 Å². The van der Waals surface area contributed by atoms with Crippen LogP contribution in [-0.4, -0.2) is 86.3 Å². The smallest absolute Gasteiger partial charge is 0.193 e. The summed E-state index contributed by atoms with van der Waals surface area (Å²) in [6, 6.07) is 4.98. The lowest BCUT2D eigenvalue weighted by Gasteiger charge is -2.32. The van der Waals surface area contributed by atoms with Gasteiger partial charge in [0.25, 0.3) is 0 Å². The van der Waals surface area contributed by atoms with Gasteiger partial charge in [0.2, 0.25) is 0 Å². The summed E-state index contributed by atoms with van der Waals surface area (Å²) in [4.78, 5) is 16.6.